The summed E-state index contributed by atoms with van der Waals surface area (Å²) in [5, 5.41) is 29.2. The zero-order valence-corrected chi connectivity index (χ0v) is 8.47. The number of nitrogens with one attached hydrogen (secondary N) is 1. The fourth-order valence-electron chi connectivity index (χ4n) is 1.05. The Bertz CT molecular complexity index is 429. The van der Waals surface area contributed by atoms with E-state index in [0.717, 1.165) is 0 Å². The van der Waals surface area contributed by atoms with E-state index in [1.54, 1.807) is 0 Å². The minimum atomic E-state index is -1.19. The van der Waals surface area contributed by atoms with Crippen LogP contribution < -0.4 is 5.32 Å². The Kier molecular flexibility index (Phi) is 3.34. The molecule has 0 aliphatic carbocycles. The molecule has 0 radical (unpaired) electrons. The van der Waals surface area contributed by atoms with Crippen molar-refractivity contribution in [3.8, 4) is 11.5 Å². The topological polar surface area (TPSA) is 107 Å². The molecule has 6 nitrogen and oxygen atoms in total. The van der Waals surface area contributed by atoms with Crippen LogP contribution in [0.15, 0.2) is 18.2 Å². The van der Waals surface area contributed by atoms with E-state index >= 15 is 0 Å². The van der Waals surface area contributed by atoms with Crippen molar-refractivity contribution in [2.24, 2.45) is 0 Å². The van der Waals surface area contributed by atoms with Gasteiger partial charge in [0.05, 0.1) is 5.56 Å². The van der Waals surface area contributed by atoms with Crippen molar-refractivity contribution in [2.75, 3.05) is 0 Å². The maximum atomic E-state index is 11.5. The van der Waals surface area contributed by atoms with Crippen molar-refractivity contribution in [2.45, 2.75) is 13.0 Å². The molecule has 0 heterocycles. The van der Waals surface area contributed by atoms with Gasteiger partial charge in [0.25, 0.3) is 5.91 Å². The number of hydrogen-bond acceptors (Lipinski definition) is 4. The Morgan fingerprint density at radius 1 is 1.31 bits per heavy atom. The summed E-state index contributed by atoms with van der Waals surface area (Å²) in [4.78, 5) is 22.0. The van der Waals surface area contributed by atoms with Gasteiger partial charge < -0.3 is 20.6 Å². The van der Waals surface area contributed by atoms with Gasteiger partial charge in [-0.25, -0.2) is 0 Å². The summed E-state index contributed by atoms with van der Waals surface area (Å²) in [7, 11) is 0. The van der Waals surface area contributed by atoms with E-state index in [-0.39, 0.29) is 5.56 Å². The fraction of sp³-hybridized carbons (Fsp3) is 0.200. The van der Waals surface area contributed by atoms with Crippen LogP contribution in [-0.4, -0.2) is 33.2 Å². The molecule has 0 saturated carbocycles. The normalized spacial score (nSPS) is 11.8. The van der Waals surface area contributed by atoms with Crippen LogP contribution in [-0.2, 0) is 4.79 Å². The third kappa shape index (κ3) is 2.41. The molecule has 0 saturated heterocycles. The molecule has 0 aliphatic heterocycles. The lowest BCUT2D eigenvalue weighted by molar-refractivity contribution is -0.138. The molecule has 4 N–H and O–H groups in total. The molecule has 0 fully saturated rings. The number of carboxylic acids is 1. The summed E-state index contributed by atoms with van der Waals surface area (Å²) in [6, 6.07) is 2.79. The van der Waals surface area contributed by atoms with Gasteiger partial charge in [-0.3, -0.25) is 9.59 Å². The van der Waals surface area contributed by atoms with Crippen molar-refractivity contribution in [1.29, 1.82) is 0 Å². The quantitative estimate of drug-likeness (QED) is 0.553. The van der Waals surface area contributed by atoms with Crippen LogP contribution in [0.1, 0.15) is 17.3 Å². The van der Waals surface area contributed by atoms with E-state index in [9.17, 15) is 14.7 Å². The molecule has 16 heavy (non-hydrogen) atoms. The number of rotatable bonds is 3. The number of benzene rings is 1. The highest BCUT2D eigenvalue weighted by Gasteiger charge is 2.18. The zero-order valence-electron chi connectivity index (χ0n) is 8.47. The number of aromatic hydroxyl groups is 2. The number of carbonyl (C=O) groups excluding carboxylic acids is 1. The van der Waals surface area contributed by atoms with Crippen molar-refractivity contribution in [3.63, 3.8) is 0 Å². The largest absolute Gasteiger partial charge is 0.504 e. The lowest BCUT2D eigenvalue weighted by Gasteiger charge is -2.10. The van der Waals surface area contributed by atoms with Gasteiger partial charge in [0.15, 0.2) is 11.5 Å². The van der Waals surface area contributed by atoms with Crippen LogP contribution in [0, 0.1) is 0 Å². The lowest BCUT2D eigenvalue weighted by atomic mass is 10.1. The number of phenolic OH excluding ortho intramolecular Hbond substituents is 2. The fourth-order valence-corrected chi connectivity index (χ4v) is 1.05. The summed E-state index contributed by atoms with van der Waals surface area (Å²) in [5.74, 6) is -2.95. The average molecular weight is 225 g/mol. The summed E-state index contributed by atoms with van der Waals surface area (Å²) < 4.78 is 0. The minimum Gasteiger partial charge on any atom is -0.504 e. The standard InChI is InChI=1S/C10H11NO5/c1-5(10(15)16)11-9(14)6-3-2-4-7(12)8(6)13/h2-5,12-13H,1H3,(H,11,14)(H,15,16)/t5-/m1/s1. The van der Waals surface area contributed by atoms with Crippen molar-refractivity contribution >= 4 is 11.9 Å². The molecule has 1 aromatic rings. The van der Waals surface area contributed by atoms with Gasteiger partial charge >= 0.3 is 5.97 Å². The van der Waals surface area contributed by atoms with Crippen molar-refractivity contribution in [3.05, 3.63) is 23.8 Å². The van der Waals surface area contributed by atoms with Crippen LogP contribution >= 0.6 is 0 Å². The van der Waals surface area contributed by atoms with Crippen LogP contribution in [0.5, 0.6) is 11.5 Å². The highest BCUT2D eigenvalue weighted by molar-refractivity contribution is 5.99. The first-order valence-electron chi connectivity index (χ1n) is 4.48. The van der Waals surface area contributed by atoms with E-state index in [1.165, 1.54) is 25.1 Å². The number of carbonyl (C=O) groups is 2. The second-order valence-corrected chi connectivity index (χ2v) is 3.21. The molecule has 0 aromatic heterocycles. The SMILES string of the molecule is C[C@@H](NC(=O)c1cccc(O)c1O)C(=O)O. The van der Waals surface area contributed by atoms with Gasteiger partial charge in [0, 0.05) is 0 Å². The summed E-state index contributed by atoms with van der Waals surface area (Å²) in [6.45, 7) is 1.29. The summed E-state index contributed by atoms with van der Waals surface area (Å²) in [6.07, 6.45) is 0. The number of phenols is 2. The van der Waals surface area contributed by atoms with E-state index in [1.807, 2.05) is 0 Å². The first kappa shape index (κ1) is 11.8. The van der Waals surface area contributed by atoms with Gasteiger partial charge in [-0.1, -0.05) is 6.07 Å². The van der Waals surface area contributed by atoms with Crippen molar-refractivity contribution < 1.29 is 24.9 Å². The predicted octanol–water partition coefficient (Wildman–Crippen LogP) is 0.301. The Hall–Kier alpha value is -2.24. The predicted molar refractivity (Wildman–Crippen MR) is 54.3 cm³/mol. The van der Waals surface area contributed by atoms with Gasteiger partial charge in [-0.15, -0.1) is 0 Å². The van der Waals surface area contributed by atoms with Crippen LogP contribution in [0.25, 0.3) is 0 Å². The molecular formula is C10H11NO5. The van der Waals surface area contributed by atoms with Gasteiger partial charge in [0.1, 0.15) is 6.04 Å². The maximum Gasteiger partial charge on any atom is 0.325 e. The van der Waals surface area contributed by atoms with E-state index < -0.39 is 29.4 Å². The van der Waals surface area contributed by atoms with Gasteiger partial charge in [-0.05, 0) is 19.1 Å². The average Bonchev–Trinajstić information content (AvgIpc) is 2.21. The Morgan fingerprint density at radius 2 is 1.94 bits per heavy atom. The molecule has 1 rings (SSSR count). The first-order chi connectivity index (χ1) is 7.43. The Labute approximate surface area is 91.1 Å². The molecule has 0 spiro atoms. The molecule has 86 valence electrons. The van der Waals surface area contributed by atoms with Crippen LogP contribution in [0.3, 0.4) is 0 Å². The first-order valence-corrected chi connectivity index (χ1v) is 4.48. The third-order valence-electron chi connectivity index (χ3n) is 1.98. The third-order valence-corrected chi connectivity index (χ3v) is 1.98. The van der Waals surface area contributed by atoms with Crippen LogP contribution in [0.2, 0.25) is 0 Å². The second-order valence-electron chi connectivity index (χ2n) is 3.21. The smallest absolute Gasteiger partial charge is 0.325 e. The van der Waals surface area contributed by atoms with Gasteiger partial charge in [0.2, 0.25) is 0 Å². The number of para-hydroxylation sites is 1. The highest BCUT2D eigenvalue weighted by atomic mass is 16.4. The van der Waals surface area contributed by atoms with E-state index in [0.29, 0.717) is 0 Å². The molecule has 1 amide bonds. The maximum absolute atomic E-state index is 11.5. The molecule has 0 aliphatic rings. The highest BCUT2D eigenvalue weighted by Crippen LogP contribution is 2.27. The van der Waals surface area contributed by atoms with Crippen LogP contribution in [0.4, 0.5) is 0 Å². The molecule has 1 atom stereocenters. The number of carboxylic acid groups (broad SMARTS) is 1. The van der Waals surface area contributed by atoms with Gasteiger partial charge in [-0.2, -0.15) is 0 Å². The number of amides is 1. The Balaban J connectivity index is 2.89. The Morgan fingerprint density at radius 3 is 2.50 bits per heavy atom. The minimum absolute atomic E-state index is 0.173. The monoisotopic (exact) mass is 225 g/mol. The zero-order chi connectivity index (χ0) is 12.3. The van der Waals surface area contributed by atoms with E-state index in [4.69, 9.17) is 10.2 Å². The number of aliphatic carboxylic acids is 1. The molecular weight excluding hydrogens is 214 g/mol. The molecule has 0 bridgehead atoms. The molecule has 1 aromatic carbocycles. The second kappa shape index (κ2) is 4.52. The van der Waals surface area contributed by atoms with E-state index in [2.05, 4.69) is 5.32 Å². The lowest BCUT2D eigenvalue weighted by Crippen LogP contribution is -2.38. The summed E-state index contributed by atoms with van der Waals surface area (Å²) >= 11 is 0. The molecule has 0 unspecified atom stereocenters. The molecule has 6 heteroatoms. The van der Waals surface area contributed by atoms with Crippen molar-refractivity contribution in [1.82, 2.24) is 5.32 Å². The summed E-state index contributed by atoms with van der Waals surface area (Å²) in [5.41, 5.74) is -0.173. The number of hydrogen-bond donors (Lipinski definition) is 4.